The third kappa shape index (κ3) is 5.01. The molecule has 37 heavy (non-hydrogen) atoms. The molecule has 0 fully saturated rings. The number of para-hydroxylation sites is 1. The normalized spacial score (nSPS) is 15.8. The van der Waals surface area contributed by atoms with E-state index in [4.69, 9.17) is 23.2 Å². The van der Waals surface area contributed by atoms with Gasteiger partial charge in [-0.05, 0) is 59.7 Å². The molecule has 0 saturated heterocycles. The van der Waals surface area contributed by atoms with Crippen LogP contribution in [-0.2, 0) is 21.2 Å². The summed E-state index contributed by atoms with van der Waals surface area (Å²) >= 11 is 14.4. The van der Waals surface area contributed by atoms with E-state index in [1.807, 2.05) is 36.6 Å². The molecule has 10 heteroatoms. The number of amides is 1. The molecule has 0 radical (unpaired) electrons. The number of hydrogen-bond donors (Lipinski definition) is 0. The van der Waals surface area contributed by atoms with Crippen LogP contribution < -0.4 is 0 Å². The first-order valence-electron chi connectivity index (χ1n) is 12.0. The van der Waals surface area contributed by atoms with E-state index in [-0.39, 0.29) is 23.9 Å². The van der Waals surface area contributed by atoms with Crippen LogP contribution in [0.1, 0.15) is 35.4 Å². The molecule has 1 aliphatic rings. The number of thiophene rings is 1. The summed E-state index contributed by atoms with van der Waals surface area (Å²) in [5, 5.41) is 3.72. The third-order valence-corrected chi connectivity index (χ3v) is 9.98. The summed E-state index contributed by atoms with van der Waals surface area (Å²) in [5.74, 6) is -0.280. The Kier molecular flexibility index (Phi) is 7.56. The second-order valence-electron chi connectivity index (χ2n) is 8.87. The highest BCUT2D eigenvalue weighted by Gasteiger charge is 2.36. The van der Waals surface area contributed by atoms with Crippen LogP contribution in [0.2, 0.25) is 10.0 Å². The van der Waals surface area contributed by atoms with Crippen molar-refractivity contribution >= 4 is 61.4 Å². The highest BCUT2D eigenvalue weighted by atomic mass is 35.5. The predicted octanol–water partition coefficient (Wildman–Crippen LogP) is 6.18. The monoisotopic (exact) mass is 573 g/mol. The molecular formula is C27H25Cl2N3O3S2. The van der Waals surface area contributed by atoms with Gasteiger partial charge in [0.05, 0.1) is 18.1 Å². The van der Waals surface area contributed by atoms with Gasteiger partial charge in [-0.1, -0.05) is 54.4 Å². The second kappa shape index (κ2) is 10.7. The van der Waals surface area contributed by atoms with Gasteiger partial charge in [-0.2, -0.15) is 4.31 Å². The van der Waals surface area contributed by atoms with E-state index >= 15 is 0 Å². The fourth-order valence-electron chi connectivity index (χ4n) is 4.84. The van der Waals surface area contributed by atoms with Crippen molar-refractivity contribution in [2.24, 2.45) is 0 Å². The van der Waals surface area contributed by atoms with Gasteiger partial charge in [0.1, 0.15) is 4.90 Å². The topological polar surface area (TPSA) is 70.6 Å². The molecule has 2 aromatic carbocycles. The second-order valence-corrected chi connectivity index (χ2v) is 12.6. The zero-order valence-corrected chi connectivity index (χ0v) is 23.2. The van der Waals surface area contributed by atoms with Crippen molar-refractivity contribution in [1.82, 2.24) is 14.2 Å². The summed E-state index contributed by atoms with van der Waals surface area (Å²) in [6.07, 6.45) is 2.84. The van der Waals surface area contributed by atoms with Crippen molar-refractivity contribution in [3.8, 4) is 0 Å². The first kappa shape index (κ1) is 26.1. The smallest absolute Gasteiger partial charge is 0.245 e. The fourth-order valence-corrected chi connectivity index (χ4v) is 7.91. The molecular weight excluding hydrogens is 549 g/mol. The van der Waals surface area contributed by atoms with Gasteiger partial charge in [0.25, 0.3) is 0 Å². The van der Waals surface area contributed by atoms with Crippen LogP contribution in [0, 0.1) is 0 Å². The van der Waals surface area contributed by atoms with E-state index in [1.54, 1.807) is 52.8 Å². The Morgan fingerprint density at radius 1 is 1.14 bits per heavy atom. The van der Waals surface area contributed by atoms with Crippen LogP contribution in [0.5, 0.6) is 0 Å². The summed E-state index contributed by atoms with van der Waals surface area (Å²) in [6.45, 7) is 2.29. The number of fused-ring (bicyclic) bond motifs is 2. The lowest BCUT2D eigenvalue weighted by Crippen LogP contribution is -2.47. The zero-order valence-electron chi connectivity index (χ0n) is 20.1. The predicted molar refractivity (Wildman–Crippen MR) is 149 cm³/mol. The maximum absolute atomic E-state index is 13.9. The Hall–Kier alpha value is -2.49. The Morgan fingerprint density at radius 2 is 1.95 bits per heavy atom. The fraction of sp³-hybridized carbons (Fsp3) is 0.259. The molecule has 192 valence electrons. The molecule has 2 aromatic heterocycles. The Balaban J connectivity index is 1.51. The van der Waals surface area contributed by atoms with E-state index < -0.39 is 16.1 Å². The highest BCUT2D eigenvalue weighted by molar-refractivity contribution is 7.89. The van der Waals surface area contributed by atoms with Crippen LogP contribution in [0.4, 0.5) is 0 Å². The van der Waals surface area contributed by atoms with Crippen molar-refractivity contribution < 1.29 is 13.2 Å². The van der Waals surface area contributed by atoms with Gasteiger partial charge in [0, 0.05) is 39.6 Å². The van der Waals surface area contributed by atoms with Crippen LogP contribution in [-0.4, -0.2) is 48.1 Å². The Labute approximate surface area is 230 Å². The van der Waals surface area contributed by atoms with E-state index in [0.717, 1.165) is 16.5 Å². The number of aromatic nitrogens is 1. The number of nitrogens with zero attached hydrogens (tertiary/aromatic N) is 3. The lowest BCUT2D eigenvalue weighted by molar-refractivity contribution is -0.133. The number of carbonyl (C=O) groups excluding carboxylic acids is 1. The first-order valence-corrected chi connectivity index (χ1v) is 15.0. The largest absolute Gasteiger partial charge is 0.330 e. The van der Waals surface area contributed by atoms with E-state index in [9.17, 15) is 13.2 Å². The Bertz CT molecular complexity index is 1570. The van der Waals surface area contributed by atoms with Gasteiger partial charge in [-0.15, -0.1) is 11.3 Å². The molecule has 3 heterocycles. The molecule has 0 spiro atoms. The lowest BCUT2D eigenvalue weighted by Gasteiger charge is -2.37. The number of rotatable bonds is 7. The molecule has 0 aliphatic carbocycles. The summed E-state index contributed by atoms with van der Waals surface area (Å²) in [5.41, 5.74) is 2.17. The first-order chi connectivity index (χ1) is 17.8. The molecule has 4 aromatic rings. The van der Waals surface area contributed by atoms with Gasteiger partial charge in [-0.25, -0.2) is 8.42 Å². The average molecular weight is 575 g/mol. The molecule has 0 bridgehead atoms. The van der Waals surface area contributed by atoms with Crippen molar-refractivity contribution in [2.45, 2.75) is 30.7 Å². The highest BCUT2D eigenvalue weighted by Crippen LogP contribution is 2.41. The third-order valence-electron chi connectivity index (χ3n) is 6.54. The molecule has 0 N–H and O–H groups in total. The molecule has 0 saturated carbocycles. The number of benzene rings is 2. The number of pyridine rings is 1. The minimum atomic E-state index is -3.99. The molecule has 5 rings (SSSR count). The number of halogens is 2. The molecule has 6 nitrogen and oxygen atoms in total. The molecule has 1 aliphatic heterocycles. The standard InChI is InChI=1S/C27H25Cl2N3O3S2/c1-2-13-31(37(34,35)24-7-3-5-18-6-4-12-30-26(18)24)17-25(33)32-14-10-23-21(11-15-36-23)27(32)20-9-8-19(28)16-22(20)29/h3-9,11-12,15-16,27H,2,10,13-14,17H2,1H3. The van der Waals surface area contributed by atoms with Gasteiger partial charge >= 0.3 is 0 Å². The summed E-state index contributed by atoms with van der Waals surface area (Å²) in [6, 6.07) is 15.5. The lowest BCUT2D eigenvalue weighted by atomic mass is 9.93. The van der Waals surface area contributed by atoms with Crippen molar-refractivity contribution in [1.29, 1.82) is 0 Å². The van der Waals surface area contributed by atoms with Crippen LogP contribution in [0.25, 0.3) is 10.9 Å². The molecule has 1 unspecified atom stereocenters. The molecule has 1 atom stereocenters. The van der Waals surface area contributed by atoms with Gasteiger partial charge in [0.2, 0.25) is 15.9 Å². The number of carbonyl (C=O) groups is 1. The van der Waals surface area contributed by atoms with Crippen molar-refractivity contribution in [3.05, 3.63) is 92.2 Å². The van der Waals surface area contributed by atoms with E-state index in [0.29, 0.717) is 34.9 Å². The minimum absolute atomic E-state index is 0.0999. The summed E-state index contributed by atoms with van der Waals surface area (Å²) in [4.78, 5) is 21.2. The van der Waals surface area contributed by atoms with E-state index in [1.165, 1.54) is 9.18 Å². The van der Waals surface area contributed by atoms with Crippen molar-refractivity contribution in [3.63, 3.8) is 0 Å². The summed E-state index contributed by atoms with van der Waals surface area (Å²) in [7, 11) is -3.99. The maximum atomic E-state index is 13.9. The number of sulfonamides is 1. The quantitative estimate of drug-likeness (QED) is 0.265. The Morgan fingerprint density at radius 3 is 2.73 bits per heavy atom. The minimum Gasteiger partial charge on any atom is -0.330 e. The van der Waals surface area contributed by atoms with E-state index in [2.05, 4.69) is 4.98 Å². The SMILES string of the molecule is CCCN(CC(=O)N1CCc2sccc2C1c1ccc(Cl)cc1Cl)S(=O)(=O)c1cccc2cccnc12. The van der Waals surface area contributed by atoms with Crippen molar-refractivity contribution in [2.75, 3.05) is 19.6 Å². The zero-order chi connectivity index (χ0) is 26.2. The van der Waals surface area contributed by atoms with Crippen LogP contribution in [0.3, 0.4) is 0 Å². The van der Waals surface area contributed by atoms with Crippen LogP contribution in [0.15, 0.2) is 71.1 Å². The molecule has 1 amide bonds. The van der Waals surface area contributed by atoms with Gasteiger partial charge in [0.15, 0.2) is 0 Å². The number of hydrogen-bond acceptors (Lipinski definition) is 5. The summed E-state index contributed by atoms with van der Waals surface area (Å²) < 4.78 is 28.9. The maximum Gasteiger partial charge on any atom is 0.245 e. The average Bonchev–Trinajstić information content (AvgIpc) is 3.37. The van der Waals surface area contributed by atoms with Crippen LogP contribution >= 0.6 is 34.5 Å². The van der Waals surface area contributed by atoms with Gasteiger partial charge < -0.3 is 4.90 Å². The van der Waals surface area contributed by atoms with Gasteiger partial charge in [-0.3, -0.25) is 9.78 Å².